The van der Waals surface area contributed by atoms with Crippen LogP contribution in [0.5, 0.6) is 0 Å². The Hall–Kier alpha value is -2.34. The molecule has 110 valence electrons. The number of hydrogen-bond donors (Lipinski definition) is 1. The second kappa shape index (κ2) is 5.57. The molecular formula is C15H15NO4S. The Balaban J connectivity index is 2.41. The molecule has 0 saturated heterocycles. The molecule has 0 aliphatic rings. The van der Waals surface area contributed by atoms with Crippen molar-refractivity contribution >= 4 is 21.6 Å². The zero-order chi connectivity index (χ0) is 15.6. The van der Waals surface area contributed by atoms with Gasteiger partial charge in [-0.05, 0) is 43.2 Å². The van der Waals surface area contributed by atoms with Gasteiger partial charge in [0.25, 0.3) is 10.0 Å². The molecule has 5 nitrogen and oxygen atoms in total. The van der Waals surface area contributed by atoms with E-state index in [1.807, 2.05) is 6.92 Å². The van der Waals surface area contributed by atoms with Crippen LogP contribution in [0.2, 0.25) is 0 Å². The molecule has 0 aliphatic carbocycles. The Kier molecular flexibility index (Phi) is 3.99. The van der Waals surface area contributed by atoms with Crippen LogP contribution >= 0.6 is 0 Å². The van der Waals surface area contributed by atoms with Crippen LogP contribution < -0.4 is 0 Å². The fourth-order valence-corrected chi connectivity index (χ4v) is 3.06. The molecule has 1 aromatic heterocycles. The number of carboxylic acid groups (broad SMARTS) is 1. The Morgan fingerprint density at radius 3 is 2.38 bits per heavy atom. The van der Waals surface area contributed by atoms with E-state index in [9.17, 15) is 13.2 Å². The molecule has 0 unspecified atom stereocenters. The number of hydrogen-bond acceptors (Lipinski definition) is 3. The van der Waals surface area contributed by atoms with Crippen LogP contribution in [-0.4, -0.2) is 23.5 Å². The number of allylic oxidation sites excluding steroid dienone is 1. The van der Waals surface area contributed by atoms with Gasteiger partial charge < -0.3 is 5.11 Å². The fourth-order valence-electron chi connectivity index (χ4n) is 1.86. The number of carbonyl (C=O) groups is 1. The van der Waals surface area contributed by atoms with E-state index in [1.165, 1.54) is 12.4 Å². The summed E-state index contributed by atoms with van der Waals surface area (Å²) in [6.07, 6.45) is 3.85. The van der Waals surface area contributed by atoms with Gasteiger partial charge in [-0.3, -0.25) is 0 Å². The lowest BCUT2D eigenvalue weighted by molar-refractivity contribution is -0.131. The van der Waals surface area contributed by atoms with Gasteiger partial charge >= 0.3 is 5.97 Å². The third-order valence-electron chi connectivity index (χ3n) is 3.06. The van der Waals surface area contributed by atoms with E-state index in [0.29, 0.717) is 11.1 Å². The fraction of sp³-hybridized carbons (Fsp3) is 0.133. The van der Waals surface area contributed by atoms with Crippen LogP contribution in [0.25, 0.3) is 5.57 Å². The lowest BCUT2D eigenvalue weighted by Gasteiger charge is -2.05. The first kappa shape index (κ1) is 15.1. The van der Waals surface area contributed by atoms with Crippen molar-refractivity contribution in [3.63, 3.8) is 0 Å². The molecule has 0 radical (unpaired) electrons. The molecule has 1 N–H and O–H groups in total. The summed E-state index contributed by atoms with van der Waals surface area (Å²) in [7, 11) is -3.65. The van der Waals surface area contributed by atoms with E-state index in [0.717, 1.165) is 15.6 Å². The second-order valence-corrected chi connectivity index (χ2v) is 6.56. The highest BCUT2D eigenvalue weighted by atomic mass is 32.2. The lowest BCUT2D eigenvalue weighted by Crippen LogP contribution is -2.10. The number of nitrogens with zero attached hydrogens (tertiary/aromatic N) is 1. The smallest absolute Gasteiger partial charge is 0.328 e. The minimum absolute atomic E-state index is 0.190. The highest BCUT2D eigenvalue weighted by molar-refractivity contribution is 7.90. The molecule has 2 aromatic rings. The molecule has 0 amide bonds. The first-order valence-corrected chi connectivity index (χ1v) is 7.66. The van der Waals surface area contributed by atoms with Gasteiger partial charge in [0.2, 0.25) is 0 Å². The number of carboxylic acids is 1. The third kappa shape index (κ3) is 3.22. The largest absolute Gasteiger partial charge is 0.478 e. The molecule has 6 heteroatoms. The van der Waals surface area contributed by atoms with Gasteiger partial charge in [-0.15, -0.1) is 0 Å². The summed E-state index contributed by atoms with van der Waals surface area (Å²) >= 11 is 0. The van der Waals surface area contributed by atoms with Crippen molar-refractivity contribution in [2.24, 2.45) is 0 Å². The molecule has 0 atom stereocenters. The molecule has 21 heavy (non-hydrogen) atoms. The number of aliphatic carboxylic acids is 1. The summed E-state index contributed by atoms with van der Waals surface area (Å²) in [5, 5.41) is 8.71. The average molecular weight is 305 g/mol. The molecule has 0 fully saturated rings. The molecule has 0 aliphatic heterocycles. The summed E-state index contributed by atoms with van der Waals surface area (Å²) in [5.41, 5.74) is 2.01. The minimum Gasteiger partial charge on any atom is -0.478 e. The number of aromatic nitrogens is 1. The quantitative estimate of drug-likeness (QED) is 0.881. The lowest BCUT2D eigenvalue weighted by atomic mass is 10.1. The molecule has 0 saturated carbocycles. The SMILES string of the molecule is C/C(=C\C(=O)O)c1ccn(S(=O)(=O)c2ccc(C)cc2)c1. The maximum Gasteiger partial charge on any atom is 0.328 e. The van der Waals surface area contributed by atoms with Crippen LogP contribution in [-0.2, 0) is 14.8 Å². The Bertz CT molecular complexity index is 798. The van der Waals surface area contributed by atoms with Crippen molar-refractivity contribution in [1.29, 1.82) is 0 Å². The van der Waals surface area contributed by atoms with E-state index in [-0.39, 0.29) is 4.90 Å². The summed E-state index contributed by atoms with van der Waals surface area (Å²) in [6, 6.07) is 8.12. The Morgan fingerprint density at radius 2 is 1.81 bits per heavy atom. The zero-order valence-electron chi connectivity index (χ0n) is 11.6. The van der Waals surface area contributed by atoms with Crippen molar-refractivity contribution in [1.82, 2.24) is 3.97 Å². The van der Waals surface area contributed by atoms with Gasteiger partial charge in [-0.25, -0.2) is 17.2 Å². The number of benzene rings is 1. The second-order valence-electron chi connectivity index (χ2n) is 4.71. The highest BCUT2D eigenvalue weighted by Gasteiger charge is 2.16. The molecule has 0 spiro atoms. The zero-order valence-corrected chi connectivity index (χ0v) is 12.5. The van der Waals surface area contributed by atoms with Crippen LogP contribution in [0.15, 0.2) is 53.7 Å². The predicted molar refractivity (Wildman–Crippen MR) is 79.5 cm³/mol. The van der Waals surface area contributed by atoms with E-state index < -0.39 is 16.0 Å². The van der Waals surface area contributed by atoms with Crippen molar-refractivity contribution in [3.05, 3.63) is 59.9 Å². The van der Waals surface area contributed by atoms with Gasteiger partial charge in [0.1, 0.15) is 0 Å². The molecule has 2 rings (SSSR count). The van der Waals surface area contributed by atoms with Gasteiger partial charge in [-0.2, -0.15) is 0 Å². The molecule has 1 heterocycles. The third-order valence-corrected chi connectivity index (χ3v) is 4.71. The average Bonchev–Trinajstić information content (AvgIpc) is 2.88. The minimum atomic E-state index is -3.65. The van der Waals surface area contributed by atoms with E-state index in [1.54, 1.807) is 37.3 Å². The van der Waals surface area contributed by atoms with Crippen LogP contribution in [0, 0.1) is 6.92 Å². The standard InChI is InChI=1S/C15H15NO4S/c1-11-3-5-14(6-4-11)21(19,20)16-8-7-13(10-16)12(2)9-15(17)18/h3-10H,1-2H3,(H,17,18)/b12-9+. The highest BCUT2D eigenvalue weighted by Crippen LogP contribution is 2.19. The number of rotatable bonds is 4. The van der Waals surface area contributed by atoms with Crippen LogP contribution in [0.3, 0.4) is 0 Å². The van der Waals surface area contributed by atoms with Gasteiger partial charge in [-0.1, -0.05) is 17.7 Å². The monoisotopic (exact) mass is 305 g/mol. The van der Waals surface area contributed by atoms with Crippen molar-refractivity contribution in [2.75, 3.05) is 0 Å². The van der Waals surface area contributed by atoms with Gasteiger partial charge in [0.05, 0.1) is 4.90 Å². The predicted octanol–water partition coefficient (Wildman–Crippen LogP) is 2.52. The molecular weight excluding hydrogens is 290 g/mol. The normalized spacial score (nSPS) is 12.4. The summed E-state index contributed by atoms with van der Waals surface area (Å²) in [4.78, 5) is 10.8. The van der Waals surface area contributed by atoms with Crippen molar-refractivity contribution < 1.29 is 18.3 Å². The first-order chi connectivity index (χ1) is 9.80. The maximum absolute atomic E-state index is 12.4. The van der Waals surface area contributed by atoms with E-state index in [2.05, 4.69) is 0 Å². The first-order valence-electron chi connectivity index (χ1n) is 6.22. The Morgan fingerprint density at radius 1 is 1.19 bits per heavy atom. The maximum atomic E-state index is 12.4. The van der Waals surface area contributed by atoms with E-state index >= 15 is 0 Å². The number of aryl methyl sites for hydroxylation is 1. The topological polar surface area (TPSA) is 76.4 Å². The summed E-state index contributed by atoms with van der Waals surface area (Å²) < 4.78 is 26.0. The Labute approximate surface area is 123 Å². The molecule has 0 bridgehead atoms. The molecule has 1 aromatic carbocycles. The van der Waals surface area contributed by atoms with Gasteiger partial charge in [0, 0.05) is 18.5 Å². The summed E-state index contributed by atoms with van der Waals surface area (Å²) in [6.45, 7) is 3.50. The van der Waals surface area contributed by atoms with E-state index in [4.69, 9.17) is 5.11 Å². The van der Waals surface area contributed by atoms with Crippen LogP contribution in [0.4, 0.5) is 0 Å². The van der Waals surface area contributed by atoms with Crippen LogP contribution in [0.1, 0.15) is 18.1 Å². The van der Waals surface area contributed by atoms with Crippen molar-refractivity contribution in [3.8, 4) is 0 Å². The summed E-state index contributed by atoms with van der Waals surface area (Å²) in [5.74, 6) is -1.07. The van der Waals surface area contributed by atoms with Gasteiger partial charge in [0.15, 0.2) is 0 Å². The van der Waals surface area contributed by atoms with Crippen molar-refractivity contribution in [2.45, 2.75) is 18.7 Å².